The van der Waals surface area contributed by atoms with E-state index in [2.05, 4.69) is 15.5 Å². The van der Waals surface area contributed by atoms with Crippen LogP contribution >= 0.6 is 0 Å². The molecule has 1 amide bonds. The van der Waals surface area contributed by atoms with Crippen LogP contribution in [0.1, 0.15) is 10.4 Å². The van der Waals surface area contributed by atoms with Crippen LogP contribution in [0.5, 0.6) is 0 Å². The summed E-state index contributed by atoms with van der Waals surface area (Å²) in [7, 11) is 0. The fourth-order valence-electron chi connectivity index (χ4n) is 1.56. The van der Waals surface area contributed by atoms with Crippen molar-refractivity contribution in [1.29, 1.82) is 0 Å². The summed E-state index contributed by atoms with van der Waals surface area (Å²) >= 11 is 0. The number of benzene rings is 1. The molecular formula is C13H13N3O5. The van der Waals surface area contributed by atoms with Crippen molar-refractivity contribution in [2.24, 2.45) is 0 Å². The third-order valence-electron chi connectivity index (χ3n) is 2.51. The number of ether oxygens (including phenoxy) is 1. The molecule has 0 unspecified atom stereocenters. The predicted octanol–water partition coefficient (Wildman–Crippen LogP) is 0.568. The molecule has 0 saturated heterocycles. The number of rotatable bonds is 7. The maximum Gasteiger partial charge on any atom is 0.329 e. The van der Waals surface area contributed by atoms with E-state index < -0.39 is 5.97 Å². The monoisotopic (exact) mass is 291 g/mol. The highest BCUT2D eigenvalue weighted by Crippen LogP contribution is 2.16. The number of hydrogen-bond donors (Lipinski definition) is 2. The molecule has 8 nitrogen and oxygen atoms in total. The van der Waals surface area contributed by atoms with Crippen LogP contribution in [0.3, 0.4) is 0 Å². The zero-order chi connectivity index (χ0) is 15.1. The third kappa shape index (κ3) is 4.39. The second-order valence-electron chi connectivity index (χ2n) is 4.02. The Morgan fingerprint density at radius 1 is 1.29 bits per heavy atom. The molecule has 0 bridgehead atoms. The van der Waals surface area contributed by atoms with Gasteiger partial charge in [0.2, 0.25) is 12.3 Å². The average Bonchev–Trinajstić information content (AvgIpc) is 3.01. The van der Waals surface area contributed by atoms with E-state index >= 15 is 0 Å². The number of aromatic nitrogens is 2. The maximum absolute atomic E-state index is 11.8. The quantitative estimate of drug-likeness (QED) is 0.716. The molecule has 0 saturated carbocycles. The summed E-state index contributed by atoms with van der Waals surface area (Å²) in [5.74, 6) is -0.937. The number of nitrogens with zero attached hydrogens (tertiary/aromatic N) is 2. The molecule has 1 aromatic carbocycles. The van der Waals surface area contributed by atoms with Gasteiger partial charge in [-0.15, -0.1) is 10.2 Å². The van der Waals surface area contributed by atoms with Crippen molar-refractivity contribution < 1.29 is 23.8 Å². The van der Waals surface area contributed by atoms with Gasteiger partial charge in [-0.3, -0.25) is 4.79 Å². The first-order chi connectivity index (χ1) is 10.2. The van der Waals surface area contributed by atoms with Crippen LogP contribution in [0, 0.1) is 0 Å². The minimum absolute atomic E-state index is 0.137. The van der Waals surface area contributed by atoms with Gasteiger partial charge in [-0.05, 0) is 24.3 Å². The van der Waals surface area contributed by atoms with Crippen molar-refractivity contribution >= 4 is 11.9 Å². The van der Waals surface area contributed by atoms with E-state index in [1.165, 1.54) is 6.39 Å². The van der Waals surface area contributed by atoms with Crippen LogP contribution in [-0.4, -0.2) is 46.9 Å². The van der Waals surface area contributed by atoms with Crippen molar-refractivity contribution in [1.82, 2.24) is 15.5 Å². The molecule has 8 heteroatoms. The van der Waals surface area contributed by atoms with Crippen LogP contribution in [0.2, 0.25) is 0 Å². The van der Waals surface area contributed by atoms with Crippen molar-refractivity contribution in [3.05, 3.63) is 36.2 Å². The first kappa shape index (κ1) is 14.7. The summed E-state index contributed by atoms with van der Waals surface area (Å²) < 4.78 is 9.85. The molecule has 0 spiro atoms. The highest BCUT2D eigenvalue weighted by atomic mass is 16.5. The third-order valence-corrected chi connectivity index (χ3v) is 2.51. The normalized spacial score (nSPS) is 10.3. The highest BCUT2D eigenvalue weighted by Gasteiger charge is 2.07. The van der Waals surface area contributed by atoms with E-state index in [0.717, 1.165) is 0 Å². The lowest BCUT2D eigenvalue weighted by Crippen LogP contribution is -2.27. The summed E-state index contributed by atoms with van der Waals surface area (Å²) in [6.07, 6.45) is 1.23. The van der Waals surface area contributed by atoms with Crippen molar-refractivity contribution in [3.63, 3.8) is 0 Å². The average molecular weight is 291 g/mol. The first-order valence-corrected chi connectivity index (χ1v) is 6.11. The second-order valence-corrected chi connectivity index (χ2v) is 4.02. The molecular weight excluding hydrogens is 278 g/mol. The summed E-state index contributed by atoms with van der Waals surface area (Å²) in [6, 6.07) is 6.66. The molecule has 0 atom stereocenters. The van der Waals surface area contributed by atoms with Crippen molar-refractivity contribution in [3.8, 4) is 11.5 Å². The smallest absolute Gasteiger partial charge is 0.329 e. The number of carbonyl (C=O) groups excluding carboxylic acids is 1. The molecule has 0 aliphatic rings. The molecule has 0 radical (unpaired) electrons. The minimum Gasteiger partial charge on any atom is -0.480 e. The summed E-state index contributed by atoms with van der Waals surface area (Å²) in [5.41, 5.74) is 1.19. The van der Waals surface area contributed by atoms with E-state index in [1.54, 1.807) is 24.3 Å². The highest BCUT2D eigenvalue weighted by molar-refractivity contribution is 5.94. The van der Waals surface area contributed by atoms with Gasteiger partial charge in [-0.25, -0.2) is 4.79 Å². The molecule has 0 fully saturated rings. The molecule has 1 heterocycles. The number of carboxylic acid groups (broad SMARTS) is 1. The number of nitrogens with one attached hydrogen (secondary N) is 1. The van der Waals surface area contributed by atoms with Gasteiger partial charge in [0.15, 0.2) is 0 Å². The van der Waals surface area contributed by atoms with Crippen LogP contribution < -0.4 is 5.32 Å². The van der Waals surface area contributed by atoms with Gasteiger partial charge in [0.05, 0.1) is 6.61 Å². The molecule has 2 N–H and O–H groups in total. The van der Waals surface area contributed by atoms with Gasteiger partial charge in [-0.1, -0.05) is 0 Å². The first-order valence-electron chi connectivity index (χ1n) is 6.11. The Hall–Kier alpha value is -2.74. The molecule has 110 valence electrons. The Morgan fingerprint density at radius 2 is 2.05 bits per heavy atom. The van der Waals surface area contributed by atoms with E-state index in [4.69, 9.17) is 14.3 Å². The Kier molecular flexibility index (Phi) is 4.99. The number of carboxylic acids is 1. The summed E-state index contributed by atoms with van der Waals surface area (Å²) in [6.45, 7) is -0.00954. The zero-order valence-electron chi connectivity index (χ0n) is 11.0. The van der Waals surface area contributed by atoms with Gasteiger partial charge >= 0.3 is 5.97 Å². The van der Waals surface area contributed by atoms with Crippen molar-refractivity contribution in [2.45, 2.75) is 0 Å². The maximum atomic E-state index is 11.8. The van der Waals surface area contributed by atoms with Gasteiger partial charge in [0.1, 0.15) is 6.61 Å². The number of amides is 1. The fourth-order valence-corrected chi connectivity index (χ4v) is 1.56. The van der Waals surface area contributed by atoms with Gasteiger partial charge in [0, 0.05) is 17.7 Å². The Morgan fingerprint density at radius 3 is 2.67 bits per heavy atom. The van der Waals surface area contributed by atoms with Crippen LogP contribution in [0.4, 0.5) is 0 Å². The lowest BCUT2D eigenvalue weighted by Gasteiger charge is -2.05. The van der Waals surface area contributed by atoms with E-state index in [0.29, 0.717) is 17.0 Å². The summed E-state index contributed by atoms with van der Waals surface area (Å²) in [5, 5.41) is 18.3. The fraction of sp³-hybridized carbons (Fsp3) is 0.231. The second kappa shape index (κ2) is 7.15. The topological polar surface area (TPSA) is 115 Å². The Balaban J connectivity index is 1.81. The number of aliphatic carboxylic acids is 1. The van der Waals surface area contributed by atoms with Crippen LogP contribution in [0.15, 0.2) is 35.1 Å². The lowest BCUT2D eigenvalue weighted by molar-refractivity contribution is -0.142. The summed E-state index contributed by atoms with van der Waals surface area (Å²) in [4.78, 5) is 22.0. The molecule has 2 aromatic rings. The molecule has 0 aliphatic heterocycles. The molecule has 0 aliphatic carbocycles. The van der Waals surface area contributed by atoms with Crippen LogP contribution in [-0.2, 0) is 9.53 Å². The van der Waals surface area contributed by atoms with Gasteiger partial charge in [-0.2, -0.15) is 0 Å². The molecule has 1 aromatic heterocycles. The standard InChI is InChI=1S/C13H13N3O5/c17-11(18)7-20-6-5-14-12(19)9-1-3-10(4-2-9)13-16-15-8-21-13/h1-4,8H,5-7H2,(H,14,19)(H,17,18). The largest absolute Gasteiger partial charge is 0.480 e. The molecule has 2 rings (SSSR count). The number of carbonyl (C=O) groups is 2. The van der Waals surface area contributed by atoms with Gasteiger partial charge in [0.25, 0.3) is 5.91 Å². The Labute approximate surface area is 119 Å². The van der Waals surface area contributed by atoms with Gasteiger partial charge < -0.3 is 19.6 Å². The zero-order valence-corrected chi connectivity index (χ0v) is 11.0. The van der Waals surface area contributed by atoms with E-state index in [9.17, 15) is 9.59 Å². The van der Waals surface area contributed by atoms with Crippen molar-refractivity contribution in [2.75, 3.05) is 19.8 Å². The minimum atomic E-state index is -1.04. The number of hydrogen-bond acceptors (Lipinski definition) is 6. The molecule has 21 heavy (non-hydrogen) atoms. The van der Waals surface area contributed by atoms with E-state index in [-0.39, 0.29) is 25.7 Å². The SMILES string of the molecule is O=C(O)COCCNC(=O)c1ccc(-c2nnco2)cc1. The van der Waals surface area contributed by atoms with E-state index in [1.807, 2.05) is 0 Å². The van der Waals surface area contributed by atoms with Crippen LogP contribution in [0.25, 0.3) is 11.5 Å². The Bertz CT molecular complexity index is 595. The predicted molar refractivity (Wildman–Crippen MR) is 70.5 cm³/mol. The lowest BCUT2D eigenvalue weighted by atomic mass is 10.1.